The van der Waals surface area contributed by atoms with Gasteiger partial charge in [0.25, 0.3) is 0 Å². The van der Waals surface area contributed by atoms with Gasteiger partial charge in [-0.05, 0) is 100 Å². The normalized spacial score (nSPS) is 62.0. The number of rotatable bonds is 1. The summed E-state index contributed by atoms with van der Waals surface area (Å²) in [7, 11) is 0. The minimum absolute atomic E-state index is 0.441. The third kappa shape index (κ3) is 2.78. The molecule has 4 saturated carbocycles. The van der Waals surface area contributed by atoms with E-state index in [1.807, 2.05) is 0 Å². The molecule has 14 unspecified atom stereocenters. The van der Waals surface area contributed by atoms with Gasteiger partial charge in [-0.1, -0.05) is 95.9 Å². The van der Waals surface area contributed by atoms with Crippen LogP contribution in [-0.4, -0.2) is 0 Å². The maximum atomic E-state index is 2.78. The molecular formula is C31H56. The Hall–Kier alpha value is 0. The van der Waals surface area contributed by atoms with Gasteiger partial charge in [0.2, 0.25) is 0 Å². The Bertz CT molecular complexity index is 678. The molecule has 0 heterocycles. The average molecular weight is 429 g/mol. The fraction of sp³-hybridized carbons (Fsp3) is 1.00. The van der Waals surface area contributed by atoms with Crippen LogP contribution in [-0.2, 0) is 0 Å². The Labute approximate surface area is 196 Å². The van der Waals surface area contributed by atoms with Crippen molar-refractivity contribution in [1.82, 2.24) is 0 Å². The molecule has 4 aliphatic carbocycles. The first-order chi connectivity index (χ1) is 14.3. The van der Waals surface area contributed by atoms with Crippen molar-refractivity contribution < 1.29 is 0 Å². The summed E-state index contributed by atoms with van der Waals surface area (Å²) in [6.45, 7) is 32.1. The molecule has 0 aromatic heterocycles. The van der Waals surface area contributed by atoms with Crippen LogP contribution in [0.1, 0.15) is 109 Å². The lowest BCUT2D eigenvalue weighted by molar-refractivity contribution is -0.290. The third-order valence-electron chi connectivity index (χ3n) is 14.2. The highest BCUT2D eigenvalue weighted by atomic mass is 14.8. The molecule has 14 atom stereocenters. The maximum Gasteiger partial charge on any atom is -0.0212 e. The zero-order valence-electron chi connectivity index (χ0n) is 23.3. The number of hydrogen-bond donors (Lipinski definition) is 0. The zero-order valence-corrected chi connectivity index (χ0v) is 23.3. The van der Waals surface area contributed by atoms with Gasteiger partial charge in [0.15, 0.2) is 0 Å². The van der Waals surface area contributed by atoms with Crippen LogP contribution in [0.4, 0.5) is 0 Å². The molecule has 0 nitrogen and oxygen atoms in total. The fourth-order valence-corrected chi connectivity index (χ4v) is 12.5. The summed E-state index contributed by atoms with van der Waals surface area (Å²) in [5.41, 5.74) is 1.37. The maximum absolute atomic E-state index is 2.78. The topological polar surface area (TPSA) is 0 Å². The fourth-order valence-electron chi connectivity index (χ4n) is 12.5. The largest absolute Gasteiger partial charge is 0.0625 e. The van der Waals surface area contributed by atoms with E-state index < -0.39 is 0 Å². The van der Waals surface area contributed by atoms with Gasteiger partial charge in [0.05, 0.1) is 0 Å². The summed E-state index contributed by atoms with van der Waals surface area (Å²) in [4.78, 5) is 0. The SMILES string of the molecule is CC(C)C1C(C)CC2(C)C(C)C3(C)C(C)C4CCCC(C)C4C(C)C3C(C)C2(C)C1C. The number of hydrogen-bond acceptors (Lipinski definition) is 0. The monoisotopic (exact) mass is 428 g/mol. The van der Waals surface area contributed by atoms with Crippen LogP contribution in [0.2, 0.25) is 0 Å². The Morgan fingerprint density at radius 1 is 0.742 bits per heavy atom. The van der Waals surface area contributed by atoms with Crippen LogP contribution in [0.3, 0.4) is 0 Å². The summed E-state index contributed by atoms with van der Waals surface area (Å²) < 4.78 is 0. The van der Waals surface area contributed by atoms with Crippen molar-refractivity contribution in [3.63, 3.8) is 0 Å². The predicted octanol–water partition coefficient (Wildman–Crippen LogP) is 9.19. The molecule has 4 aliphatic rings. The standard InChI is InChI=1S/C31H56/c1-17(2)26-19(4)16-29(10)24(9)30(11)21(6)25-15-13-14-18(3)27(25)20(5)28(30)23(8)31(29,12)22(26)7/h17-28H,13-16H2,1-12H3. The van der Waals surface area contributed by atoms with Crippen LogP contribution in [0, 0.1) is 87.3 Å². The molecule has 0 saturated heterocycles. The second-order valence-corrected chi connectivity index (χ2v) is 14.7. The van der Waals surface area contributed by atoms with E-state index in [0.717, 1.165) is 71.0 Å². The summed E-state index contributed by atoms with van der Waals surface area (Å²) in [6.07, 6.45) is 5.89. The van der Waals surface area contributed by atoms with E-state index in [9.17, 15) is 0 Å². The smallest absolute Gasteiger partial charge is 0.0212 e. The highest BCUT2D eigenvalue weighted by Gasteiger charge is 2.72. The lowest BCUT2D eigenvalue weighted by Crippen LogP contribution is -2.71. The van der Waals surface area contributed by atoms with Gasteiger partial charge in [0, 0.05) is 0 Å². The average Bonchev–Trinajstić information content (AvgIpc) is 2.68. The molecule has 0 amide bonds. The highest BCUT2D eigenvalue weighted by molar-refractivity contribution is 5.20. The molecule has 4 fully saturated rings. The van der Waals surface area contributed by atoms with E-state index in [1.165, 1.54) is 25.7 Å². The molecule has 180 valence electrons. The Kier molecular flexibility index (Phi) is 5.84. The summed E-state index contributed by atoms with van der Waals surface area (Å²) >= 11 is 0. The van der Waals surface area contributed by atoms with Gasteiger partial charge in [0.1, 0.15) is 0 Å². The van der Waals surface area contributed by atoms with Crippen molar-refractivity contribution in [2.24, 2.45) is 87.3 Å². The third-order valence-corrected chi connectivity index (χ3v) is 14.2. The van der Waals surface area contributed by atoms with E-state index in [-0.39, 0.29) is 0 Å². The first-order valence-corrected chi connectivity index (χ1v) is 14.3. The molecule has 0 heteroatoms. The van der Waals surface area contributed by atoms with Crippen LogP contribution in [0.25, 0.3) is 0 Å². The molecule has 4 rings (SSSR count). The minimum atomic E-state index is 0.441. The van der Waals surface area contributed by atoms with Crippen LogP contribution in [0.5, 0.6) is 0 Å². The van der Waals surface area contributed by atoms with E-state index in [2.05, 4.69) is 83.1 Å². The van der Waals surface area contributed by atoms with Crippen molar-refractivity contribution in [2.45, 2.75) is 109 Å². The zero-order chi connectivity index (χ0) is 23.3. The molecular weight excluding hydrogens is 372 g/mol. The van der Waals surface area contributed by atoms with Crippen LogP contribution >= 0.6 is 0 Å². The second kappa shape index (κ2) is 7.50. The summed E-state index contributed by atoms with van der Waals surface area (Å²) in [5.74, 6) is 10.4. The molecule has 0 radical (unpaired) electrons. The predicted molar refractivity (Wildman–Crippen MR) is 136 cm³/mol. The molecule has 0 aromatic rings. The Morgan fingerprint density at radius 3 is 1.94 bits per heavy atom. The van der Waals surface area contributed by atoms with Crippen molar-refractivity contribution in [3.05, 3.63) is 0 Å². The van der Waals surface area contributed by atoms with E-state index >= 15 is 0 Å². The summed E-state index contributed by atoms with van der Waals surface area (Å²) in [5, 5.41) is 0. The Balaban J connectivity index is 1.87. The van der Waals surface area contributed by atoms with Gasteiger partial charge >= 0.3 is 0 Å². The summed E-state index contributed by atoms with van der Waals surface area (Å²) in [6, 6.07) is 0. The quantitative estimate of drug-likeness (QED) is 0.390. The van der Waals surface area contributed by atoms with E-state index in [4.69, 9.17) is 0 Å². The first kappa shape index (κ1) is 24.1. The lowest BCUT2D eigenvalue weighted by atomic mass is 9.28. The van der Waals surface area contributed by atoms with Gasteiger partial charge < -0.3 is 0 Å². The molecule has 31 heavy (non-hydrogen) atoms. The highest BCUT2D eigenvalue weighted by Crippen LogP contribution is 2.77. The van der Waals surface area contributed by atoms with Crippen LogP contribution in [0.15, 0.2) is 0 Å². The lowest BCUT2D eigenvalue weighted by Gasteiger charge is -2.76. The van der Waals surface area contributed by atoms with E-state index in [0.29, 0.717) is 16.2 Å². The van der Waals surface area contributed by atoms with Gasteiger partial charge in [-0.15, -0.1) is 0 Å². The van der Waals surface area contributed by atoms with Crippen molar-refractivity contribution in [3.8, 4) is 0 Å². The van der Waals surface area contributed by atoms with Crippen molar-refractivity contribution in [1.29, 1.82) is 0 Å². The second-order valence-electron chi connectivity index (χ2n) is 14.7. The van der Waals surface area contributed by atoms with Gasteiger partial charge in [-0.25, -0.2) is 0 Å². The molecule has 0 bridgehead atoms. The van der Waals surface area contributed by atoms with E-state index in [1.54, 1.807) is 0 Å². The molecule has 0 aliphatic heterocycles. The number of fused-ring (bicyclic) bond motifs is 3. The van der Waals surface area contributed by atoms with Gasteiger partial charge in [-0.3, -0.25) is 0 Å². The van der Waals surface area contributed by atoms with Crippen molar-refractivity contribution in [2.75, 3.05) is 0 Å². The Morgan fingerprint density at radius 2 is 1.35 bits per heavy atom. The molecule has 0 spiro atoms. The van der Waals surface area contributed by atoms with Crippen molar-refractivity contribution >= 4 is 0 Å². The van der Waals surface area contributed by atoms with Gasteiger partial charge in [-0.2, -0.15) is 0 Å². The minimum Gasteiger partial charge on any atom is -0.0625 e. The molecule has 0 N–H and O–H groups in total. The van der Waals surface area contributed by atoms with Crippen LogP contribution < -0.4 is 0 Å². The first-order valence-electron chi connectivity index (χ1n) is 14.3. The molecule has 0 aromatic carbocycles.